The molecule has 6 nitrogen and oxygen atoms in total. The number of hydrogen-bond donors (Lipinski definition) is 0. The van der Waals surface area contributed by atoms with Gasteiger partial charge in [-0.3, -0.25) is 9.69 Å². The summed E-state index contributed by atoms with van der Waals surface area (Å²) in [4.78, 5) is 16.5. The molecule has 1 fully saturated rings. The number of aromatic nitrogens is 1. The number of rotatable bonds is 5. The predicted molar refractivity (Wildman–Crippen MR) is 109 cm³/mol. The highest BCUT2D eigenvalue weighted by molar-refractivity contribution is 7.92. The number of carbonyl (C=O) groups is 1. The molecule has 35 heavy (non-hydrogen) atoms. The molecule has 2 heterocycles. The molecule has 1 aromatic heterocycles. The number of nitrogens with zero attached hydrogens (tertiary/aromatic N) is 2. The second-order valence-electron chi connectivity index (χ2n) is 8.39. The summed E-state index contributed by atoms with van der Waals surface area (Å²) in [6, 6.07) is 4.05. The first kappa shape index (κ1) is 26.7. The first-order chi connectivity index (χ1) is 15.9. The Hall–Kier alpha value is -2.90. The van der Waals surface area contributed by atoms with E-state index in [0.717, 1.165) is 29.2 Å². The molecule has 1 atom stereocenters. The number of pyridine rings is 1. The monoisotopic (exact) mass is 528 g/mol. The average Bonchev–Trinajstić information content (AvgIpc) is 2.72. The summed E-state index contributed by atoms with van der Waals surface area (Å²) in [5, 5.41) is 0. The van der Waals surface area contributed by atoms with E-state index in [9.17, 15) is 43.9 Å². The van der Waals surface area contributed by atoms with Crippen LogP contribution in [0.1, 0.15) is 32.3 Å². The van der Waals surface area contributed by atoms with Crippen LogP contribution in [0.3, 0.4) is 0 Å². The van der Waals surface area contributed by atoms with E-state index in [1.165, 1.54) is 13.8 Å². The van der Waals surface area contributed by atoms with Crippen LogP contribution in [-0.2, 0) is 20.8 Å². The minimum atomic E-state index is -5.03. The van der Waals surface area contributed by atoms with Crippen molar-refractivity contribution in [2.45, 2.75) is 48.9 Å². The van der Waals surface area contributed by atoms with Gasteiger partial charge in [0.05, 0.1) is 15.2 Å². The molecule has 0 radical (unpaired) electrons. The van der Waals surface area contributed by atoms with Crippen LogP contribution in [0.15, 0.2) is 41.4 Å². The van der Waals surface area contributed by atoms with E-state index in [1.54, 1.807) is 0 Å². The maximum absolute atomic E-state index is 14.3. The third-order valence-corrected chi connectivity index (χ3v) is 8.45. The van der Waals surface area contributed by atoms with Gasteiger partial charge in [0.1, 0.15) is 5.75 Å². The van der Waals surface area contributed by atoms with Crippen LogP contribution in [0.5, 0.6) is 5.75 Å². The normalized spacial score (nSPS) is 18.0. The zero-order valence-electron chi connectivity index (χ0n) is 18.2. The molecule has 1 aliphatic rings. The molecule has 0 N–H and O–H groups in total. The van der Waals surface area contributed by atoms with Gasteiger partial charge in [0.15, 0.2) is 21.5 Å². The molecule has 0 bridgehead atoms. The Balaban J connectivity index is 1.82. The Bertz CT molecular complexity index is 1230. The van der Waals surface area contributed by atoms with Gasteiger partial charge in [-0.25, -0.2) is 17.8 Å². The number of carbonyl (C=O) groups excluding carboxylic acids is 1. The second kappa shape index (κ2) is 8.95. The highest BCUT2D eigenvalue weighted by Gasteiger charge is 2.46. The predicted octanol–water partition coefficient (Wildman–Crippen LogP) is 5.13. The smallest absolute Gasteiger partial charge is 0.406 e. The van der Waals surface area contributed by atoms with Gasteiger partial charge >= 0.3 is 12.5 Å². The molecule has 0 aliphatic carbocycles. The van der Waals surface area contributed by atoms with Crippen molar-refractivity contribution in [1.82, 2.24) is 4.98 Å². The average molecular weight is 528 g/mol. The van der Waals surface area contributed by atoms with Crippen LogP contribution >= 0.6 is 0 Å². The molecule has 1 aliphatic heterocycles. The van der Waals surface area contributed by atoms with Gasteiger partial charge in [0.25, 0.3) is 0 Å². The van der Waals surface area contributed by atoms with Crippen molar-refractivity contribution in [2.24, 2.45) is 5.92 Å². The van der Waals surface area contributed by atoms with Gasteiger partial charge < -0.3 is 4.74 Å². The Morgan fingerprint density at radius 3 is 2.29 bits per heavy atom. The van der Waals surface area contributed by atoms with Crippen LogP contribution in [0.4, 0.5) is 36.6 Å². The SMILES string of the molecule is CC(C)([C@H]1CCN(c2ncc(C(F)(F)F)cc2F)C(=O)C1)S(=O)(=O)c1cccc(OC(F)(F)F)c1. The van der Waals surface area contributed by atoms with Crippen LogP contribution in [0, 0.1) is 11.7 Å². The van der Waals surface area contributed by atoms with Crippen molar-refractivity contribution in [2.75, 3.05) is 11.4 Å². The Morgan fingerprint density at radius 1 is 1.09 bits per heavy atom. The number of sulfone groups is 1. The second-order valence-corrected chi connectivity index (χ2v) is 10.9. The first-order valence-corrected chi connectivity index (χ1v) is 11.6. The van der Waals surface area contributed by atoms with Crippen LogP contribution in [0.2, 0.25) is 0 Å². The summed E-state index contributed by atoms with van der Waals surface area (Å²) in [7, 11) is -4.28. The summed E-state index contributed by atoms with van der Waals surface area (Å²) in [6.07, 6.45) is -9.86. The lowest BCUT2D eigenvalue weighted by Crippen LogP contribution is -2.49. The summed E-state index contributed by atoms with van der Waals surface area (Å²) in [5.74, 6) is -4.30. The van der Waals surface area contributed by atoms with E-state index in [2.05, 4.69) is 9.72 Å². The van der Waals surface area contributed by atoms with E-state index in [-0.39, 0.29) is 19.0 Å². The van der Waals surface area contributed by atoms with E-state index in [0.29, 0.717) is 6.20 Å². The topological polar surface area (TPSA) is 76.6 Å². The fourth-order valence-electron chi connectivity index (χ4n) is 3.80. The molecule has 192 valence electrons. The highest BCUT2D eigenvalue weighted by atomic mass is 32.2. The molecule has 3 rings (SSSR count). The number of piperidine rings is 1. The van der Waals surface area contributed by atoms with Crippen LogP contribution < -0.4 is 9.64 Å². The number of hydrogen-bond acceptors (Lipinski definition) is 5. The van der Waals surface area contributed by atoms with Gasteiger partial charge in [0.2, 0.25) is 5.91 Å². The minimum absolute atomic E-state index is 0.0128. The molecule has 1 aromatic carbocycles. The molecule has 2 aromatic rings. The standard InChI is InChI=1S/C21H19F7N2O4S/c1-19(2,35(32,33)15-5-3-4-14(10-15)34-21(26,27)28)12-6-7-30(17(31)9-12)18-16(22)8-13(11-29-18)20(23,24)25/h3-5,8,10-12H,6-7,9H2,1-2H3/t12-/m0/s1. The lowest BCUT2D eigenvalue weighted by atomic mass is 9.85. The number of alkyl halides is 6. The van der Waals surface area contributed by atoms with E-state index in [1.807, 2.05) is 0 Å². The van der Waals surface area contributed by atoms with Gasteiger partial charge in [-0.15, -0.1) is 13.2 Å². The fraction of sp³-hybridized carbons (Fsp3) is 0.429. The van der Waals surface area contributed by atoms with Crippen molar-refractivity contribution in [3.8, 4) is 5.75 Å². The Labute approximate surface area is 195 Å². The molecule has 0 saturated carbocycles. The molecular formula is C21H19F7N2O4S. The molecular weight excluding hydrogens is 509 g/mol. The van der Waals surface area contributed by atoms with Gasteiger partial charge in [-0.1, -0.05) is 6.07 Å². The molecule has 14 heteroatoms. The van der Waals surface area contributed by atoms with Gasteiger partial charge in [-0.2, -0.15) is 13.2 Å². The van der Waals surface area contributed by atoms with Crippen molar-refractivity contribution in [3.63, 3.8) is 0 Å². The summed E-state index contributed by atoms with van der Waals surface area (Å²) >= 11 is 0. The number of benzene rings is 1. The van der Waals surface area contributed by atoms with E-state index < -0.39 is 73.2 Å². The minimum Gasteiger partial charge on any atom is -0.406 e. The van der Waals surface area contributed by atoms with Crippen LogP contribution in [-0.4, -0.2) is 37.0 Å². The summed E-state index contributed by atoms with van der Waals surface area (Å²) in [6.45, 7) is 2.39. The maximum Gasteiger partial charge on any atom is 0.573 e. The van der Waals surface area contributed by atoms with E-state index in [4.69, 9.17) is 0 Å². The Kier molecular flexibility index (Phi) is 6.83. The van der Waals surface area contributed by atoms with Gasteiger partial charge in [-0.05, 0) is 50.5 Å². The molecule has 0 unspecified atom stereocenters. The number of anilines is 1. The van der Waals surface area contributed by atoms with Crippen molar-refractivity contribution < 1.29 is 48.7 Å². The van der Waals surface area contributed by atoms with Crippen molar-refractivity contribution >= 4 is 21.6 Å². The zero-order valence-corrected chi connectivity index (χ0v) is 19.1. The van der Waals surface area contributed by atoms with Crippen LogP contribution in [0.25, 0.3) is 0 Å². The Morgan fingerprint density at radius 2 is 1.74 bits per heavy atom. The lowest BCUT2D eigenvalue weighted by molar-refractivity contribution is -0.274. The molecule has 0 spiro atoms. The largest absolute Gasteiger partial charge is 0.573 e. The number of ether oxygens (including phenoxy) is 1. The highest BCUT2D eigenvalue weighted by Crippen LogP contribution is 2.40. The van der Waals surface area contributed by atoms with Crippen molar-refractivity contribution in [3.05, 3.63) is 47.9 Å². The first-order valence-electron chi connectivity index (χ1n) is 10.1. The third-order valence-electron chi connectivity index (χ3n) is 5.85. The number of amides is 1. The summed E-state index contributed by atoms with van der Waals surface area (Å²) < 4.78 is 119. The fourth-order valence-corrected chi connectivity index (χ4v) is 5.57. The quantitative estimate of drug-likeness (QED) is 0.503. The lowest BCUT2D eigenvalue weighted by Gasteiger charge is -2.39. The van der Waals surface area contributed by atoms with E-state index >= 15 is 0 Å². The van der Waals surface area contributed by atoms with Gasteiger partial charge in [0, 0.05) is 19.2 Å². The maximum atomic E-state index is 14.3. The third kappa shape index (κ3) is 5.52. The van der Waals surface area contributed by atoms with Crippen molar-refractivity contribution in [1.29, 1.82) is 0 Å². The molecule has 1 amide bonds. The molecule has 1 saturated heterocycles. The zero-order chi connectivity index (χ0) is 26.4. The summed E-state index contributed by atoms with van der Waals surface area (Å²) in [5.41, 5.74) is -1.33. The number of halogens is 7.